The molecule has 0 atom stereocenters. The van der Waals surface area contributed by atoms with Gasteiger partial charge in [0.05, 0.1) is 22.2 Å². The molecule has 0 unspecified atom stereocenters. The van der Waals surface area contributed by atoms with Gasteiger partial charge in [-0.15, -0.1) is 0 Å². The van der Waals surface area contributed by atoms with E-state index in [2.05, 4.69) is 242 Å². The highest BCUT2D eigenvalue weighted by atomic mass is 16.3. The number of aromatic nitrogens is 1. The summed E-state index contributed by atoms with van der Waals surface area (Å²) in [6.45, 7) is 8.91. The number of anilines is 6. The summed E-state index contributed by atoms with van der Waals surface area (Å²) in [7, 11) is 0. The summed E-state index contributed by atoms with van der Waals surface area (Å²) in [6, 6.07) is 73.0. The van der Waals surface area contributed by atoms with E-state index in [-0.39, 0.29) is 0 Å². The number of nitrogens with zero attached hydrogens (tertiary/aromatic N) is 3. The van der Waals surface area contributed by atoms with E-state index >= 15 is 0 Å². The van der Waals surface area contributed by atoms with Crippen LogP contribution in [0.2, 0.25) is 0 Å². The molecule has 69 heavy (non-hydrogen) atoms. The van der Waals surface area contributed by atoms with Crippen LogP contribution in [-0.2, 0) is 0 Å². The zero-order valence-electron chi connectivity index (χ0n) is 38.9. The number of para-hydroxylation sites is 5. The standard InChI is InChI=1S/C64H47N3O2/c1-38(2)47-20-13-22-52-49-29-27-45(36-59(49)68-63(47)52)65(42-15-7-5-8-16-42)44-26-25-40-34-55-51-31-32-57(61-54-19-11-12-24-56(54)67(62(51)61)58(55)35-41(40)33-44)66(43-17-9-6-10-18-43)46-28-30-50-53-23-14-21-48(39(3)4)64(53)69-60(50)37-46/h5-39H,1-4H3. The van der Waals surface area contributed by atoms with Crippen molar-refractivity contribution in [1.29, 1.82) is 0 Å². The monoisotopic (exact) mass is 889 g/mol. The summed E-state index contributed by atoms with van der Waals surface area (Å²) in [5.41, 5.74) is 16.2. The zero-order chi connectivity index (χ0) is 46.1. The van der Waals surface area contributed by atoms with Gasteiger partial charge in [-0.3, -0.25) is 0 Å². The van der Waals surface area contributed by atoms with Crippen molar-refractivity contribution < 1.29 is 8.83 Å². The molecule has 0 aliphatic carbocycles. The van der Waals surface area contributed by atoms with Crippen molar-refractivity contribution in [2.24, 2.45) is 0 Å². The SMILES string of the molecule is CC(C)c1cccc2c1oc1cc(N(c3ccccc3)c3ccc4cc5c6ccc(N(c7ccccc7)c7ccc8c(c7)oc7c(C(C)C)cccc78)c7c8ccccc8n(c5cc4c3)c67)ccc12. The zero-order valence-corrected chi connectivity index (χ0v) is 38.9. The van der Waals surface area contributed by atoms with Crippen LogP contribution in [0.1, 0.15) is 50.7 Å². The highest BCUT2D eigenvalue weighted by Crippen LogP contribution is 2.49. The van der Waals surface area contributed by atoms with Crippen molar-refractivity contribution in [2.75, 3.05) is 9.80 Å². The highest BCUT2D eigenvalue weighted by Gasteiger charge is 2.26. The Labute approximate surface area is 399 Å². The third-order valence-corrected chi connectivity index (χ3v) is 14.6. The fourth-order valence-electron chi connectivity index (χ4n) is 11.4. The molecule has 0 fully saturated rings. The van der Waals surface area contributed by atoms with Crippen molar-refractivity contribution in [3.63, 3.8) is 0 Å². The molecule has 330 valence electrons. The van der Waals surface area contributed by atoms with Gasteiger partial charge in [0.25, 0.3) is 0 Å². The van der Waals surface area contributed by atoms with Crippen molar-refractivity contribution in [1.82, 2.24) is 4.40 Å². The van der Waals surface area contributed by atoms with E-state index in [0.717, 1.165) is 78.0 Å². The minimum absolute atomic E-state index is 0.351. The Hall–Kier alpha value is -8.54. The lowest BCUT2D eigenvalue weighted by Crippen LogP contribution is -2.10. The second-order valence-electron chi connectivity index (χ2n) is 19.3. The van der Waals surface area contributed by atoms with Crippen LogP contribution in [0.25, 0.3) is 92.7 Å². The van der Waals surface area contributed by atoms with E-state index in [1.165, 1.54) is 60.0 Å². The molecule has 4 heterocycles. The molecule has 5 nitrogen and oxygen atoms in total. The maximum absolute atomic E-state index is 6.75. The third-order valence-electron chi connectivity index (χ3n) is 14.6. The fraction of sp³-hybridized carbons (Fsp3) is 0.0938. The van der Waals surface area contributed by atoms with Gasteiger partial charge in [-0.1, -0.05) is 131 Å². The molecule has 14 rings (SSSR count). The van der Waals surface area contributed by atoms with E-state index in [9.17, 15) is 0 Å². The number of rotatable bonds is 8. The van der Waals surface area contributed by atoms with Crippen LogP contribution in [-0.4, -0.2) is 4.40 Å². The highest BCUT2D eigenvalue weighted by molar-refractivity contribution is 6.28. The smallest absolute Gasteiger partial charge is 0.138 e. The molecule has 14 aromatic rings. The summed E-state index contributed by atoms with van der Waals surface area (Å²) in [4.78, 5) is 4.75. The van der Waals surface area contributed by atoms with Gasteiger partial charge in [0.15, 0.2) is 0 Å². The first-order chi connectivity index (χ1) is 33.9. The largest absolute Gasteiger partial charge is 0.456 e. The Morgan fingerprint density at radius 1 is 0.362 bits per heavy atom. The van der Waals surface area contributed by atoms with Crippen LogP contribution in [0.5, 0.6) is 0 Å². The first-order valence-electron chi connectivity index (χ1n) is 24.1. The summed E-state index contributed by atoms with van der Waals surface area (Å²) < 4.78 is 15.9. The molecule has 4 aromatic heterocycles. The average molecular weight is 890 g/mol. The molecule has 0 amide bonds. The van der Waals surface area contributed by atoms with E-state index in [1.807, 2.05) is 0 Å². The van der Waals surface area contributed by atoms with E-state index in [1.54, 1.807) is 0 Å². The number of fused-ring (bicyclic) bond motifs is 13. The summed E-state index contributed by atoms with van der Waals surface area (Å²) >= 11 is 0. The van der Waals surface area contributed by atoms with Crippen LogP contribution in [0, 0.1) is 0 Å². The Morgan fingerprint density at radius 3 is 1.54 bits per heavy atom. The van der Waals surface area contributed by atoms with Gasteiger partial charge in [-0.25, -0.2) is 0 Å². The van der Waals surface area contributed by atoms with Gasteiger partial charge in [0.2, 0.25) is 0 Å². The van der Waals surface area contributed by atoms with Crippen LogP contribution < -0.4 is 9.80 Å². The summed E-state index contributed by atoms with van der Waals surface area (Å²) in [5.74, 6) is 0.709. The van der Waals surface area contributed by atoms with Crippen molar-refractivity contribution in [3.05, 3.63) is 211 Å². The Bertz CT molecular complexity index is 4330. The lowest BCUT2D eigenvalue weighted by molar-refractivity contribution is 0.656. The molecular weight excluding hydrogens is 843 g/mol. The van der Waals surface area contributed by atoms with Crippen molar-refractivity contribution in [3.8, 4) is 0 Å². The topological polar surface area (TPSA) is 37.2 Å². The van der Waals surface area contributed by atoms with Gasteiger partial charge in [-0.05, 0) is 119 Å². The van der Waals surface area contributed by atoms with Crippen LogP contribution in [0.15, 0.2) is 209 Å². The van der Waals surface area contributed by atoms with E-state index in [0.29, 0.717) is 11.8 Å². The lowest BCUT2D eigenvalue weighted by atomic mass is 10.00. The first kappa shape index (κ1) is 39.6. The Balaban J connectivity index is 0.960. The second-order valence-corrected chi connectivity index (χ2v) is 19.3. The van der Waals surface area contributed by atoms with Crippen molar-refractivity contribution in [2.45, 2.75) is 39.5 Å². The van der Waals surface area contributed by atoms with E-state index in [4.69, 9.17) is 8.83 Å². The number of furan rings is 2. The molecule has 5 heteroatoms. The molecule has 0 saturated heterocycles. The molecule has 0 radical (unpaired) electrons. The second kappa shape index (κ2) is 15.0. The Morgan fingerprint density at radius 2 is 0.899 bits per heavy atom. The predicted molar refractivity (Wildman–Crippen MR) is 291 cm³/mol. The van der Waals surface area contributed by atoms with E-state index < -0.39 is 0 Å². The minimum atomic E-state index is 0.351. The first-order valence-corrected chi connectivity index (χ1v) is 24.1. The molecule has 0 aliphatic rings. The maximum Gasteiger partial charge on any atom is 0.138 e. The molecule has 0 aliphatic heterocycles. The number of hydrogen-bond donors (Lipinski definition) is 0. The summed E-state index contributed by atoms with van der Waals surface area (Å²) in [5, 5.41) is 11.8. The van der Waals surface area contributed by atoms with Crippen LogP contribution in [0.4, 0.5) is 34.1 Å². The molecule has 0 spiro atoms. The third kappa shape index (κ3) is 5.90. The van der Waals surface area contributed by atoms with Gasteiger partial charge in [-0.2, -0.15) is 0 Å². The van der Waals surface area contributed by atoms with Crippen LogP contribution >= 0.6 is 0 Å². The fourth-order valence-corrected chi connectivity index (χ4v) is 11.4. The van der Waals surface area contributed by atoms with Crippen LogP contribution in [0.3, 0.4) is 0 Å². The summed E-state index contributed by atoms with van der Waals surface area (Å²) in [6.07, 6.45) is 0. The van der Waals surface area contributed by atoms with Gasteiger partial charge in [0.1, 0.15) is 22.3 Å². The normalized spacial score (nSPS) is 12.3. The minimum Gasteiger partial charge on any atom is -0.456 e. The predicted octanol–water partition coefficient (Wildman–Crippen LogP) is 19.0. The molecular formula is C64H47N3O2. The maximum atomic E-state index is 6.75. The number of benzene rings is 10. The molecule has 0 bridgehead atoms. The number of hydrogen-bond acceptors (Lipinski definition) is 4. The molecule has 0 saturated carbocycles. The Kier molecular flexibility index (Phi) is 8.60. The average Bonchev–Trinajstić information content (AvgIpc) is 4.13. The quantitative estimate of drug-likeness (QED) is 0.152. The van der Waals surface area contributed by atoms with Gasteiger partial charge < -0.3 is 23.0 Å². The van der Waals surface area contributed by atoms with Gasteiger partial charge >= 0.3 is 0 Å². The molecule has 10 aromatic carbocycles. The molecule has 0 N–H and O–H groups in total. The lowest BCUT2D eigenvalue weighted by Gasteiger charge is -2.26. The van der Waals surface area contributed by atoms with Gasteiger partial charge in [0, 0.05) is 83.7 Å². The van der Waals surface area contributed by atoms with Crippen molar-refractivity contribution >= 4 is 127 Å².